The zero-order chi connectivity index (χ0) is 21.0. The maximum atomic E-state index is 12.6. The van der Waals surface area contributed by atoms with Crippen LogP contribution in [0.5, 0.6) is 5.75 Å². The second kappa shape index (κ2) is 8.32. The van der Waals surface area contributed by atoms with Crippen molar-refractivity contribution in [3.63, 3.8) is 0 Å². The van der Waals surface area contributed by atoms with Gasteiger partial charge >= 0.3 is 6.18 Å². The molecule has 1 heterocycles. The van der Waals surface area contributed by atoms with Gasteiger partial charge in [0.1, 0.15) is 12.4 Å². The SMILES string of the molecule is FC(F)(F)c1ccc(NN=Cc2c[nH]c3cccc(OCc4ccccc4)c23)cc1. The van der Waals surface area contributed by atoms with Crippen LogP contribution in [0.4, 0.5) is 18.9 Å². The molecule has 152 valence electrons. The third kappa shape index (κ3) is 4.46. The topological polar surface area (TPSA) is 49.4 Å². The average molecular weight is 409 g/mol. The number of nitrogens with zero attached hydrogens (tertiary/aromatic N) is 1. The largest absolute Gasteiger partial charge is 0.488 e. The highest BCUT2D eigenvalue weighted by Gasteiger charge is 2.29. The van der Waals surface area contributed by atoms with Gasteiger partial charge in [-0.2, -0.15) is 18.3 Å². The Morgan fingerprint density at radius 1 is 0.933 bits per heavy atom. The summed E-state index contributed by atoms with van der Waals surface area (Å²) < 4.78 is 44.0. The van der Waals surface area contributed by atoms with Gasteiger partial charge in [0.15, 0.2) is 0 Å². The average Bonchev–Trinajstić information content (AvgIpc) is 3.16. The number of rotatable bonds is 6. The molecule has 4 aromatic rings. The lowest BCUT2D eigenvalue weighted by Crippen LogP contribution is -2.04. The first-order valence-corrected chi connectivity index (χ1v) is 9.24. The van der Waals surface area contributed by atoms with E-state index in [9.17, 15) is 13.2 Å². The Balaban J connectivity index is 1.50. The number of H-pyrrole nitrogens is 1. The lowest BCUT2D eigenvalue weighted by atomic mass is 10.1. The molecule has 0 atom stereocenters. The van der Waals surface area contributed by atoms with Crippen LogP contribution in [0.15, 0.2) is 84.1 Å². The van der Waals surface area contributed by atoms with E-state index in [1.807, 2.05) is 48.5 Å². The monoisotopic (exact) mass is 409 g/mol. The number of nitrogens with one attached hydrogen (secondary N) is 2. The highest BCUT2D eigenvalue weighted by Crippen LogP contribution is 2.30. The van der Waals surface area contributed by atoms with Gasteiger partial charge in [-0.15, -0.1) is 0 Å². The number of fused-ring (bicyclic) bond motifs is 1. The van der Waals surface area contributed by atoms with E-state index in [4.69, 9.17) is 4.74 Å². The molecule has 0 bridgehead atoms. The number of alkyl halides is 3. The fourth-order valence-corrected chi connectivity index (χ4v) is 3.04. The number of hydrogen-bond acceptors (Lipinski definition) is 3. The minimum absolute atomic E-state index is 0.436. The highest BCUT2D eigenvalue weighted by atomic mass is 19.4. The molecule has 0 spiro atoms. The van der Waals surface area contributed by atoms with Gasteiger partial charge in [-0.05, 0) is 42.0 Å². The van der Waals surface area contributed by atoms with Crippen LogP contribution in [0.1, 0.15) is 16.7 Å². The Labute approximate surface area is 171 Å². The van der Waals surface area contributed by atoms with Crippen LogP contribution in [0, 0.1) is 0 Å². The molecule has 3 aromatic carbocycles. The van der Waals surface area contributed by atoms with Crippen molar-refractivity contribution < 1.29 is 17.9 Å². The number of hydrogen-bond donors (Lipinski definition) is 2. The third-order valence-corrected chi connectivity index (χ3v) is 4.54. The van der Waals surface area contributed by atoms with Crippen LogP contribution in [0.2, 0.25) is 0 Å². The fraction of sp³-hybridized carbons (Fsp3) is 0.0870. The smallest absolute Gasteiger partial charge is 0.416 e. The predicted molar refractivity (Wildman–Crippen MR) is 112 cm³/mol. The van der Waals surface area contributed by atoms with Crippen molar-refractivity contribution in [2.45, 2.75) is 12.8 Å². The summed E-state index contributed by atoms with van der Waals surface area (Å²) in [7, 11) is 0. The Morgan fingerprint density at radius 2 is 1.70 bits per heavy atom. The van der Waals surface area contributed by atoms with Gasteiger partial charge in [0.25, 0.3) is 0 Å². The van der Waals surface area contributed by atoms with Crippen molar-refractivity contribution in [1.29, 1.82) is 0 Å². The molecule has 0 aliphatic heterocycles. The molecular weight excluding hydrogens is 391 g/mol. The maximum Gasteiger partial charge on any atom is 0.416 e. The second-order valence-corrected chi connectivity index (χ2v) is 6.64. The first kappa shape index (κ1) is 19.6. The minimum atomic E-state index is -4.36. The van der Waals surface area contributed by atoms with Crippen molar-refractivity contribution in [2.24, 2.45) is 5.10 Å². The van der Waals surface area contributed by atoms with E-state index in [-0.39, 0.29) is 0 Å². The minimum Gasteiger partial charge on any atom is -0.488 e. The predicted octanol–water partition coefficient (Wildman–Crippen LogP) is 6.21. The lowest BCUT2D eigenvalue weighted by molar-refractivity contribution is -0.137. The van der Waals surface area contributed by atoms with Crippen LogP contribution < -0.4 is 10.2 Å². The van der Waals surface area contributed by atoms with Crippen molar-refractivity contribution in [2.75, 3.05) is 5.43 Å². The van der Waals surface area contributed by atoms with Gasteiger partial charge in [0.2, 0.25) is 0 Å². The summed E-state index contributed by atoms with van der Waals surface area (Å²) in [6, 6.07) is 20.3. The molecule has 7 heteroatoms. The molecule has 0 radical (unpaired) electrons. The Morgan fingerprint density at radius 3 is 2.43 bits per heavy atom. The van der Waals surface area contributed by atoms with E-state index in [0.717, 1.165) is 34.2 Å². The second-order valence-electron chi connectivity index (χ2n) is 6.64. The number of aromatic amines is 1. The van der Waals surface area contributed by atoms with E-state index >= 15 is 0 Å². The Hall–Kier alpha value is -3.74. The Bertz CT molecular complexity index is 1150. The Kier molecular flexibility index (Phi) is 5.43. The zero-order valence-electron chi connectivity index (χ0n) is 15.8. The van der Waals surface area contributed by atoms with E-state index in [0.29, 0.717) is 18.0 Å². The van der Waals surface area contributed by atoms with Crippen LogP contribution >= 0.6 is 0 Å². The summed E-state index contributed by atoms with van der Waals surface area (Å²) in [6.07, 6.45) is -0.953. The maximum absolute atomic E-state index is 12.6. The molecule has 1 aromatic heterocycles. The standard InChI is InChI=1S/C23H18F3N3O/c24-23(25,26)18-9-11-19(12-10-18)29-28-14-17-13-27-20-7-4-8-21(22(17)20)30-15-16-5-2-1-3-6-16/h1-14,27,29H,15H2. The summed E-state index contributed by atoms with van der Waals surface area (Å²) in [5.41, 5.74) is 5.27. The van der Waals surface area contributed by atoms with Crippen LogP contribution in [-0.2, 0) is 12.8 Å². The van der Waals surface area contributed by atoms with Crippen LogP contribution in [-0.4, -0.2) is 11.2 Å². The first-order valence-electron chi connectivity index (χ1n) is 9.24. The van der Waals surface area contributed by atoms with Gasteiger partial charge < -0.3 is 9.72 Å². The number of benzene rings is 3. The summed E-state index contributed by atoms with van der Waals surface area (Å²) >= 11 is 0. The summed E-state index contributed by atoms with van der Waals surface area (Å²) in [5.74, 6) is 0.716. The molecule has 4 nitrogen and oxygen atoms in total. The van der Waals surface area contributed by atoms with E-state index in [2.05, 4.69) is 15.5 Å². The molecule has 0 fully saturated rings. The van der Waals surface area contributed by atoms with E-state index < -0.39 is 11.7 Å². The molecule has 0 amide bonds. The quantitative estimate of drug-likeness (QED) is 0.294. The normalized spacial score (nSPS) is 11.8. The highest BCUT2D eigenvalue weighted by molar-refractivity contribution is 6.02. The first-order chi connectivity index (χ1) is 14.5. The van der Waals surface area contributed by atoms with Gasteiger partial charge in [0.05, 0.1) is 22.9 Å². The van der Waals surface area contributed by atoms with Crippen molar-refractivity contribution in [3.05, 3.63) is 95.7 Å². The number of aromatic nitrogens is 1. The lowest BCUT2D eigenvalue weighted by Gasteiger charge is -2.08. The fourth-order valence-electron chi connectivity index (χ4n) is 3.04. The molecule has 0 saturated carbocycles. The molecule has 2 N–H and O–H groups in total. The van der Waals surface area contributed by atoms with Gasteiger partial charge in [-0.3, -0.25) is 5.43 Å². The van der Waals surface area contributed by atoms with Gasteiger partial charge in [-0.1, -0.05) is 36.4 Å². The van der Waals surface area contributed by atoms with E-state index in [1.165, 1.54) is 12.1 Å². The molecule has 0 saturated heterocycles. The summed E-state index contributed by atoms with van der Waals surface area (Å²) in [5, 5.41) is 5.03. The molecule has 0 unspecified atom stereocenters. The molecule has 30 heavy (non-hydrogen) atoms. The molecular formula is C23H18F3N3O. The van der Waals surface area contributed by atoms with Gasteiger partial charge in [0, 0.05) is 17.3 Å². The van der Waals surface area contributed by atoms with Crippen LogP contribution in [0.25, 0.3) is 10.9 Å². The number of halogens is 3. The molecule has 0 aliphatic rings. The number of anilines is 1. The van der Waals surface area contributed by atoms with Crippen LogP contribution in [0.3, 0.4) is 0 Å². The number of ether oxygens (including phenoxy) is 1. The molecule has 0 aliphatic carbocycles. The zero-order valence-corrected chi connectivity index (χ0v) is 15.8. The third-order valence-electron chi connectivity index (χ3n) is 4.54. The van der Waals surface area contributed by atoms with Crippen molar-refractivity contribution in [3.8, 4) is 5.75 Å². The summed E-state index contributed by atoms with van der Waals surface area (Å²) in [6.45, 7) is 0.436. The van der Waals surface area contributed by atoms with Crippen molar-refractivity contribution >= 4 is 22.8 Å². The summed E-state index contributed by atoms with van der Waals surface area (Å²) in [4.78, 5) is 3.18. The van der Waals surface area contributed by atoms with Crippen molar-refractivity contribution in [1.82, 2.24) is 4.98 Å². The number of hydrazone groups is 1. The van der Waals surface area contributed by atoms with Gasteiger partial charge in [-0.25, -0.2) is 0 Å². The molecule has 4 rings (SSSR count). The van der Waals surface area contributed by atoms with E-state index in [1.54, 1.807) is 12.4 Å².